The molecule has 1 aromatic carbocycles. The van der Waals surface area contributed by atoms with Crippen LogP contribution >= 0.6 is 0 Å². The third-order valence-corrected chi connectivity index (χ3v) is 3.04. The van der Waals surface area contributed by atoms with Crippen molar-refractivity contribution >= 4 is 5.97 Å². The highest BCUT2D eigenvalue weighted by atomic mass is 16.4. The van der Waals surface area contributed by atoms with Crippen molar-refractivity contribution in [1.82, 2.24) is 15.0 Å². The Bertz CT molecular complexity index is 585. The molecule has 0 amide bonds. The van der Waals surface area contributed by atoms with Gasteiger partial charge in [0.15, 0.2) is 5.69 Å². The molecule has 0 saturated carbocycles. The van der Waals surface area contributed by atoms with Gasteiger partial charge in [0.05, 0.1) is 11.4 Å². The second kappa shape index (κ2) is 5.22. The van der Waals surface area contributed by atoms with Crippen molar-refractivity contribution < 1.29 is 9.90 Å². The van der Waals surface area contributed by atoms with Crippen LogP contribution in [0, 0.1) is 0 Å². The predicted molar refractivity (Wildman–Crippen MR) is 71.8 cm³/mol. The van der Waals surface area contributed by atoms with E-state index in [1.165, 1.54) is 5.56 Å². The van der Waals surface area contributed by atoms with Gasteiger partial charge < -0.3 is 5.11 Å². The van der Waals surface area contributed by atoms with Gasteiger partial charge in [-0.3, -0.25) is 0 Å². The third kappa shape index (κ3) is 2.50. The maximum atomic E-state index is 11.2. The smallest absolute Gasteiger partial charge is 0.358 e. The number of carbonyl (C=O) groups is 1. The Morgan fingerprint density at radius 2 is 1.95 bits per heavy atom. The summed E-state index contributed by atoms with van der Waals surface area (Å²) in [6.07, 6.45) is 0.967. The Morgan fingerprint density at radius 1 is 1.32 bits per heavy atom. The molecule has 0 bridgehead atoms. The average Bonchev–Trinajstić information content (AvgIpc) is 2.83. The lowest BCUT2D eigenvalue weighted by Gasteiger charge is -2.10. The Morgan fingerprint density at radius 3 is 2.42 bits per heavy atom. The summed E-state index contributed by atoms with van der Waals surface area (Å²) in [5.41, 5.74) is 2.71. The highest BCUT2D eigenvalue weighted by Crippen LogP contribution is 2.21. The minimum Gasteiger partial charge on any atom is -0.476 e. The maximum Gasteiger partial charge on any atom is 0.358 e. The molecule has 0 spiro atoms. The summed E-state index contributed by atoms with van der Waals surface area (Å²) >= 11 is 0. The topological polar surface area (TPSA) is 68.0 Å². The monoisotopic (exact) mass is 259 g/mol. The summed E-state index contributed by atoms with van der Waals surface area (Å²) in [4.78, 5) is 11.2. The van der Waals surface area contributed by atoms with E-state index in [9.17, 15) is 4.79 Å². The van der Waals surface area contributed by atoms with Gasteiger partial charge in [0, 0.05) is 0 Å². The van der Waals surface area contributed by atoms with Crippen LogP contribution in [0.3, 0.4) is 0 Å². The van der Waals surface area contributed by atoms with Gasteiger partial charge in [-0.05, 0) is 30.0 Å². The average molecular weight is 259 g/mol. The lowest BCUT2D eigenvalue weighted by Crippen LogP contribution is -2.08. The number of nitrogens with zero attached hydrogens (tertiary/aromatic N) is 3. The molecule has 5 heteroatoms. The molecule has 19 heavy (non-hydrogen) atoms. The number of aromatic carboxylic acids is 1. The van der Waals surface area contributed by atoms with Crippen LogP contribution < -0.4 is 0 Å². The van der Waals surface area contributed by atoms with Crippen LogP contribution in [0.1, 0.15) is 48.4 Å². The molecule has 0 aliphatic carbocycles. The third-order valence-electron chi connectivity index (χ3n) is 3.04. The standard InChI is InChI=1S/C14H17N3O2/c1-4-10-5-7-11(8-6-10)17-13(9(2)3)12(14(18)19)15-16-17/h5-9H,4H2,1-3H3,(H,18,19). The molecule has 1 aromatic heterocycles. The summed E-state index contributed by atoms with van der Waals surface area (Å²) < 4.78 is 1.60. The van der Waals surface area contributed by atoms with Gasteiger partial charge >= 0.3 is 5.97 Å². The normalized spacial score (nSPS) is 10.9. The lowest BCUT2D eigenvalue weighted by atomic mass is 10.1. The van der Waals surface area contributed by atoms with E-state index in [-0.39, 0.29) is 11.6 Å². The number of hydrogen-bond acceptors (Lipinski definition) is 3. The molecule has 1 N–H and O–H groups in total. The summed E-state index contributed by atoms with van der Waals surface area (Å²) in [5.74, 6) is -1.01. The fourth-order valence-corrected chi connectivity index (χ4v) is 2.02. The number of aromatic nitrogens is 3. The van der Waals surface area contributed by atoms with Crippen molar-refractivity contribution in [2.45, 2.75) is 33.1 Å². The van der Waals surface area contributed by atoms with Crippen molar-refractivity contribution in [1.29, 1.82) is 0 Å². The van der Waals surface area contributed by atoms with E-state index in [2.05, 4.69) is 17.2 Å². The van der Waals surface area contributed by atoms with E-state index in [1.807, 2.05) is 38.1 Å². The molecule has 1 heterocycles. The van der Waals surface area contributed by atoms with Gasteiger partial charge in [0.1, 0.15) is 0 Å². The second-order valence-corrected chi connectivity index (χ2v) is 4.71. The van der Waals surface area contributed by atoms with Gasteiger partial charge in [-0.15, -0.1) is 5.10 Å². The Kier molecular flexibility index (Phi) is 3.64. The van der Waals surface area contributed by atoms with Crippen molar-refractivity contribution in [2.24, 2.45) is 0 Å². The van der Waals surface area contributed by atoms with E-state index in [0.29, 0.717) is 5.69 Å². The number of hydrogen-bond donors (Lipinski definition) is 1. The zero-order chi connectivity index (χ0) is 14.0. The van der Waals surface area contributed by atoms with E-state index in [0.717, 1.165) is 12.1 Å². The number of aryl methyl sites for hydroxylation is 1. The first kappa shape index (κ1) is 13.3. The second-order valence-electron chi connectivity index (χ2n) is 4.71. The maximum absolute atomic E-state index is 11.2. The van der Waals surface area contributed by atoms with Crippen molar-refractivity contribution in [3.05, 3.63) is 41.2 Å². The number of carboxylic acid groups (broad SMARTS) is 1. The fourth-order valence-electron chi connectivity index (χ4n) is 2.02. The van der Waals surface area contributed by atoms with Crippen molar-refractivity contribution in [2.75, 3.05) is 0 Å². The molecule has 100 valence electrons. The first-order chi connectivity index (χ1) is 9.04. The van der Waals surface area contributed by atoms with Crippen LogP contribution in [0.4, 0.5) is 0 Å². The van der Waals surface area contributed by atoms with Gasteiger partial charge in [0.2, 0.25) is 0 Å². The number of rotatable bonds is 4. The van der Waals surface area contributed by atoms with E-state index in [4.69, 9.17) is 5.11 Å². The van der Waals surface area contributed by atoms with Crippen LogP contribution in [-0.2, 0) is 6.42 Å². The van der Waals surface area contributed by atoms with Gasteiger partial charge in [-0.2, -0.15) is 0 Å². The molecule has 0 aliphatic heterocycles. The minimum atomic E-state index is -1.04. The quantitative estimate of drug-likeness (QED) is 0.916. The van der Waals surface area contributed by atoms with Crippen LogP contribution in [-0.4, -0.2) is 26.1 Å². The Balaban J connectivity index is 2.52. The van der Waals surface area contributed by atoms with Crippen molar-refractivity contribution in [3.63, 3.8) is 0 Å². The summed E-state index contributed by atoms with van der Waals surface area (Å²) in [6.45, 7) is 5.96. The first-order valence-corrected chi connectivity index (χ1v) is 6.32. The largest absolute Gasteiger partial charge is 0.476 e. The van der Waals surface area contributed by atoms with Gasteiger partial charge in [-0.1, -0.05) is 38.1 Å². The van der Waals surface area contributed by atoms with E-state index in [1.54, 1.807) is 4.68 Å². The molecule has 0 saturated heterocycles. The zero-order valence-electron chi connectivity index (χ0n) is 11.3. The molecule has 2 rings (SSSR count). The molecule has 0 fully saturated rings. The van der Waals surface area contributed by atoms with Crippen LogP contribution in [0.15, 0.2) is 24.3 Å². The lowest BCUT2D eigenvalue weighted by molar-refractivity contribution is 0.0688. The van der Waals surface area contributed by atoms with Gasteiger partial charge in [0.25, 0.3) is 0 Å². The van der Waals surface area contributed by atoms with Crippen molar-refractivity contribution in [3.8, 4) is 5.69 Å². The summed E-state index contributed by atoms with van der Waals surface area (Å²) in [6, 6.07) is 7.90. The molecule has 5 nitrogen and oxygen atoms in total. The van der Waals surface area contributed by atoms with E-state index < -0.39 is 5.97 Å². The van der Waals surface area contributed by atoms with Crippen LogP contribution in [0.25, 0.3) is 5.69 Å². The molecular weight excluding hydrogens is 242 g/mol. The summed E-state index contributed by atoms with van der Waals surface area (Å²) in [5, 5.41) is 16.9. The molecule has 0 unspecified atom stereocenters. The minimum absolute atomic E-state index is 0.0227. The molecule has 2 aromatic rings. The Labute approximate surface area is 111 Å². The summed E-state index contributed by atoms with van der Waals surface area (Å²) in [7, 11) is 0. The Hall–Kier alpha value is -2.17. The predicted octanol–water partition coefficient (Wildman–Crippen LogP) is 2.65. The van der Waals surface area contributed by atoms with Crippen LogP contribution in [0.2, 0.25) is 0 Å². The van der Waals surface area contributed by atoms with Gasteiger partial charge in [-0.25, -0.2) is 9.48 Å². The number of benzene rings is 1. The molecule has 0 atom stereocenters. The fraction of sp³-hybridized carbons (Fsp3) is 0.357. The molecule has 0 aliphatic rings. The van der Waals surface area contributed by atoms with Crippen LogP contribution in [0.5, 0.6) is 0 Å². The van der Waals surface area contributed by atoms with E-state index >= 15 is 0 Å². The zero-order valence-corrected chi connectivity index (χ0v) is 11.3. The highest BCUT2D eigenvalue weighted by Gasteiger charge is 2.22. The molecule has 0 radical (unpaired) electrons. The first-order valence-electron chi connectivity index (χ1n) is 6.32. The number of carboxylic acids is 1. The SMILES string of the molecule is CCc1ccc(-n2nnc(C(=O)O)c2C(C)C)cc1. The molecular formula is C14H17N3O2. The highest BCUT2D eigenvalue weighted by molar-refractivity contribution is 5.86.